The zero-order chi connectivity index (χ0) is 14.6. The lowest BCUT2D eigenvalue weighted by molar-refractivity contribution is -0.385. The molecule has 0 radical (unpaired) electrons. The van der Waals surface area contributed by atoms with E-state index in [1.165, 1.54) is 39.2 Å². The molecule has 0 amide bonds. The number of aliphatic carboxylic acids is 1. The van der Waals surface area contributed by atoms with E-state index in [4.69, 9.17) is 14.6 Å². The number of nitro benzene ring substituents is 1. The van der Waals surface area contributed by atoms with Crippen LogP contribution in [0.3, 0.4) is 0 Å². The van der Waals surface area contributed by atoms with Gasteiger partial charge in [-0.3, -0.25) is 14.9 Å². The summed E-state index contributed by atoms with van der Waals surface area (Å²) < 4.78 is 10.3. The molecule has 7 heteroatoms. The Labute approximate surface area is 109 Å². The number of rotatable bonds is 6. The SMILES string of the molecule is COc1cc([N+](=O)[O-])ccc1OCC(C)(C)C(=O)O. The Morgan fingerprint density at radius 3 is 2.53 bits per heavy atom. The van der Waals surface area contributed by atoms with E-state index in [-0.39, 0.29) is 23.8 Å². The third-order valence-corrected chi connectivity index (χ3v) is 2.53. The van der Waals surface area contributed by atoms with E-state index in [1.54, 1.807) is 0 Å². The second-order valence-electron chi connectivity index (χ2n) is 4.57. The van der Waals surface area contributed by atoms with Gasteiger partial charge in [0.1, 0.15) is 6.61 Å². The van der Waals surface area contributed by atoms with Crippen molar-refractivity contribution >= 4 is 11.7 Å². The maximum absolute atomic E-state index is 10.9. The highest BCUT2D eigenvalue weighted by atomic mass is 16.6. The minimum Gasteiger partial charge on any atom is -0.493 e. The van der Waals surface area contributed by atoms with Crippen molar-refractivity contribution in [3.05, 3.63) is 28.3 Å². The van der Waals surface area contributed by atoms with Crippen molar-refractivity contribution in [2.45, 2.75) is 13.8 Å². The number of nitrogens with zero attached hydrogens (tertiary/aromatic N) is 1. The summed E-state index contributed by atoms with van der Waals surface area (Å²) in [6.45, 7) is 2.97. The molecule has 104 valence electrons. The summed E-state index contributed by atoms with van der Waals surface area (Å²) in [5.41, 5.74) is -1.19. The minimum absolute atomic E-state index is 0.0729. The molecular formula is C12H15NO6. The van der Waals surface area contributed by atoms with Gasteiger partial charge in [-0.2, -0.15) is 0 Å². The molecule has 1 rings (SSSR count). The molecule has 0 fully saturated rings. The number of nitro groups is 1. The summed E-state index contributed by atoms with van der Waals surface area (Å²) >= 11 is 0. The topological polar surface area (TPSA) is 98.9 Å². The molecule has 1 N–H and O–H groups in total. The molecule has 0 unspecified atom stereocenters. The number of hydrogen-bond acceptors (Lipinski definition) is 5. The van der Waals surface area contributed by atoms with Crippen LogP contribution in [-0.2, 0) is 4.79 Å². The number of hydrogen-bond donors (Lipinski definition) is 1. The molecule has 1 aromatic carbocycles. The number of methoxy groups -OCH3 is 1. The first kappa shape index (κ1) is 14.7. The second kappa shape index (κ2) is 5.55. The maximum Gasteiger partial charge on any atom is 0.312 e. The van der Waals surface area contributed by atoms with Gasteiger partial charge in [-0.1, -0.05) is 0 Å². The number of carboxylic acids is 1. The summed E-state index contributed by atoms with van der Waals surface area (Å²) in [4.78, 5) is 21.0. The number of carboxylic acid groups (broad SMARTS) is 1. The molecule has 0 aliphatic heterocycles. The molecule has 0 saturated carbocycles. The molecule has 1 aromatic rings. The van der Waals surface area contributed by atoms with E-state index in [0.717, 1.165) is 0 Å². The highest BCUT2D eigenvalue weighted by molar-refractivity contribution is 5.73. The van der Waals surface area contributed by atoms with Crippen LogP contribution in [-0.4, -0.2) is 29.7 Å². The molecule has 0 aromatic heterocycles. The van der Waals surface area contributed by atoms with E-state index in [2.05, 4.69) is 0 Å². The van der Waals surface area contributed by atoms with Gasteiger partial charge in [0.25, 0.3) is 5.69 Å². The number of benzene rings is 1. The molecule has 0 aliphatic rings. The predicted molar refractivity (Wildman–Crippen MR) is 66.6 cm³/mol. The Hall–Kier alpha value is -2.31. The van der Waals surface area contributed by atoms with Gasteiger partial charge in [-0.05, 0) is 19.9 Å². The average Bonchev–Trinajstić information content (AvgIpc) is 2.35. The van der Waals surface area contributed by atoms with Gasteiger partial charge in [0.2, 0.25) is 0 Å². The molecule has 0 heterocycles. The van der Waals surface area contributed by atoms with Crippen molar-refractivity contribution in [3.63, 3.8) is 0 Å². The average molecular weight is 269 g/mol. The molecule has 0 saturated heterocycles. The van der Waals surface area contributed by atoms with Gasteiger partial charge in [0, 0.05) is 6.07 Å². The first-order valence-corrected chi connectivity index (χ1v) is 5.46. The first-order valence-electron chi connectivity index (χ1n) is 5.46. The second-order valence-corrected chi connectivity index (χ2v) is 4.57. The van der Waals surface area contributed by atoms with E-state index in [9.17, 15) is 14.9 Å². The largest absolute Gasteiger partial charge is 0.493 e. The monoisotopic (exact) mass is 269 g/mol. The van der Waals surface area contributed by atoms with Crippen molar-refractivity contribution in [1.29, 1.82) is 0 Å². The summed E-state index contributed by atoms with van der Waals surface area (Å²) in [5, 5.41) is 19.6. The minimum atomic E-state index is -1.06. The normalized spacial score (nSPS) is 10.9. The van der Waals surface area contributed by atoms with Crippen LogP contribution in [0.25, 0.3) is 0 Å². The fourth-order valence-corrected chi connectivity index (χ4v) is 1.21. The molecule has 19 heavy (non-hydrogen) atoms. The molecule has 0 aliphatic carbocycles. The van der Waals surface area contributed by atoms with Gasteiger partial charge in [0.15, 0.2) is 11.5 Å². The lowest BCUT2D eigenvalue weighted by atomic mass is 9.95. The van der Waals surface area contributed by atoms with E-state index in [0.29, 0.717) is 0 Å². The Bertz CT molecular complexity index is 497. The maximum atomic E-state index is 10.9. The van der Waals surface area contributed by atoms with Crippen molar-refractivity contribution in [2.24, 2.45) is 5.41 Å². The van der Waals surface area contributed by atoms with Crippen LogP contribution in [0.15, 0.2) is 18.2 Å². The Balaban J connectivity index is 2.90. The molecular weight excluding hydrogens is 254 g/mol. The zero-order valence-corrected chi connectivity index (χ0v) is 10.9. The summed E-state index contributed by atoms with van der Waals surface area (Å²) in [7, 11) is 1.36. The van der Waals surface area contributed by atoms with Crippen LogP contribution < -0.4 is 9.47 Å². The quantitative estimate of drug-likeness (QED) is 0.627. The van der Waals surface area contributed by atoms with Gasteiger partial charge in [0.05, 0.1) is 23.5 Å². The van der Waals surface area contributed by atoms with Crippen LogP contribution in [0.2, 0.25) is 0 Å². The number of carbonyl (C=O) groups is 1. The van der Waals surface area contributed by atoms with Gasteiger partial charge in [-0.15, -0.1) is 0 Å². The first-order chi connectivity index (χ1) is 8.77. The van der Waals surface area contributed by atoms with Gasteiger partial charge < -0.3 is 14.6 Å². The molecule has 0 bridgehead atoms. The Kier molecular flexibility index (Phi) is 4.31. The molecule has 0 spiro atoms. The third kappa shape index (κ3) is 3.57. The third-order valence-electron chi connectivity index (χ3n) is 2.53. The van der Waals surface area contributed by atoms with Gasteiger partial charge in [-0.25, -0.2) is 0 Å². The van der Waals surface area contributed by atoms with Crippen molar-refractivity contribution in [3.8, 4) is 11.5 Å². The van der Waals surface area contributed by atoms with Crippen LogP contribution in [0, 0.1) is 15.5 Å². The molecule has 7 nitrogen and oxygen atoms in total. The van der Waals surface area contributed by atoms with Gasteiger partial charge >= 0.3 is 5.97 Å². The Morgan fingerprint density at radius 2 is 2.05 bits per heavy atom. The Morgan fingerprint density at radius 1 is 1.42 bits per heavy atom. The van der Waals surface area contributed by atoms with Crippen molar-refractivity contribution < 1.29 is 24.3 Å². The number of non-ortho nitro benzene ring substituents is 1. The van der Waals surface area contributed by atoms with E-state index < -0.39 is 16.3 Å². The summed E-state index contributed by atoms with van der Waals surface area (Å²) in [6, 6.07) is 3.88. The van der Waals surface area contributed by atoms with Crippen LogP contribution in [0.1, 0.15) is 13.8 Å². The predicted octanol–water partition coefficient (Wildman–Crippen LogP) is 2.09. The zero-order valence-electron chi connectivity index (χ0n) is 10.9. The lowest BCUT2D eigenvalue weighted by Crippen LogP contribution is -2.30. The summed E-state index contributed by atoms with van der Waals surface area (Å²) in [5.74, 6) is -0.536. The highest BCUT2D eigenvalue weighted by Crippen LogP contribution is 2.32. The van der Waals surface area contributed by atoms with Crippen molar-refractivity contribution in [1.82, 2.24) is 0 Å². The lowest BCUT2D eigenvalue weighted by Gasteiger charge is -2.20. The smallest absolute Gasteiger partial charge is 0.312 e. The van der Waals surface area contributed by atoms with Crippen LogP contribution in [0.4, 0.5) is 5.69 Å². The fourth-order valence-electron chi connectivity index (χ4n) is 1.21. The van der Waals surface area contributed by atoms with Crippen LogP contribution in [0.5, 0.6) is 11.5 Å². The standard InChI is InChI=1S/C12H15NO6/c1-12(2,11(14)15)7-19-9-5-4-8(13(16)17)6-10(9)18-3/h4-6H,7H2,1-3H3,(H,14,15). The fraction of sp³-hybridized carbons (Fsp3) is 0.417. The van der Waals surface area contributed by atoms with Crippen molar-refractivity contribution in [2.75, 3.05) is 13.7 Å². The number of ether oxygens (including phenoxy) is 2. The van der Waals surface area contributed by atoms with E-state index in [1.807, 2.05) is 0 Å². The highest BCUT2D eigenvalue weighted by Gasteiger charge is 2.28. The summed E-state index contributed by atoms with van der Waals surface area (Å²) in [6.07, 6.45) is 0. The van der Waals surface area contributed by atoms with Crippen LogP contribution >= 0.6 is 0 Å². The molecule has 0 atom stereocenters. The van der Waals surface area contributed by atoms with E-state index >= 15 is 0 Å².